The first-order chi connectivity index (χ1) is 8.79. The minimum absolute atomic E-state index is 0.993. The number of allylic oxidation sites excluding steroid dienone is 2. The van der Waals surface area contributed by atoms with Crippen molar-refractivity contribution in [3.8, 4) is 11.1 Å². The van der Waals surface area contributed by atoms with Gasteiger partial charge in [0.25, 0.3) is 0 Å². The molecule has 0 aliphatic heterocycles. The summed E-state index contributed by atoms with van der Waals surface area (Å²) in [7, 11) is 0. The highest BCUT2D eigenvalue weighted by Crippen LogP contribution is 2.23. The topological polar surface area (TPSA) is 12.4 Å². The second kappa shape index (κ2) is 5.97. The van der Waals surface area contributed by atoms with Crippen molar-refractivity contribution in [3.63, 3.8) is 0 Å². The molecule has 0 atom stereocenters. The molecule has 1 nitrogen and oxygen atoms in total. The van der Waals surface area contributed by atoms with Crippen molar-refractivity contribution in [3.05, 3.63) is 66.7 Å². The molecule has 2 aromatic carbocycles. The molecule has 0 aliphatic rings. The van der Waals surface area contributed by atoms with Crippen molar-refractivity contribution in [2.75, 3.05) is 0 Å². The van der Waals surface area contributed by atoms with E-state index in [0.717, 1.165) is 11.4 Å². The van der Waals surface area contributed by atoms with Crippen molar-refractivity contribution < 1.29 is 0 Å². The van der Waals surface area contributed by atoms with Crippen LogP contribution in [0.25, 0.3) is 11.1 Å². The predicted molar refractivity (Wildman–Crippen MR) is 79.5 cm³/mol. The zero-order valence-electron chi connectivity index (χ0n) is 10.8. The zero-order valence-corrected chi connectivity index (χ0v) is 10.8. The number of aliphatic imine (C=N–C) groups is 1. The highest BCUT2D eigenvalue weighted by Gasteiger charge is 1.97. The van der Waals surface area contributed by atoms with Gasteiger partial charge < -0.3 is 0 Å². The summed E-state index contributed by atoms with van der Waals surface area (Å²) in [5, 5.41) is 0. The van der Waals surface area contributed by atoms with Crippen molar-refractivity contribution in [2.24, 2.45) is 4.99 Å². The van der Waals surface area contributed by atoms with Gasteiger partial charge in [-0.25, -0.2) is 0 Å². The second-order valence-electron chi connectivity index (χ2n) is 4.17. The van der Waals surface area contributed by atoms with Crippen LogP contribution in [-0.2, 0) is 0 Å². The lowest BCUT2D eigenvalue weighted by Gasteiger charge is -2.02. The molecule has 2 aromatic rings. The van der Waals surface area contributed by atoms with Crippen LogP contribution in [0.2, 0.25) is 0 Å². The zero-order chi connectivity index (χ0) is 12.8. The summed E-state index contributed by atoms with van der Waals surface area (Å²) in [5.74, 6) is 0. The summed E-state index contributed by atoms with van der Waals surface area (Å²) in [5.41, 5.74) is 4.43. The lowest BCUT2D eigenvalue weighted by Crippen LogP contribution is -1.82. The standard InChI is InChI=1S/C17H17N/c1-3-8-14(2)18-17-12-7-11-16(13-17)15-9-5-4-6-10-15/h3-13H,1-2H3/b8-3-,18-14?. The maximum absolute atomic E-state index is 4.56. The first-order valence-electron chi connectivity index (χ1n) is 6.13. The lowest BCUT2D eigenvalue weighted by molar-refractivity contribution is 1.49. The molecule has 0 amide bonds. The molecule has 0 aliphatic carbocycles. The third kappa shape index (κ3) is 3.17. The first-order valence-corrected chi connectivity index (χ1v) is 6.13. The molecular weight excluding hydrogens is 218 g/mol. The van der Waals surface area contributed by atoms with E-state index in [1.54, 1.807) is 0 Å². The van der Waals surface area contributed by atoms with Gasteiger partial charge in [-0.15, -0.1) is 0 Å². The van der Waals surface area contributed by atoms with E-state index in [2.05, 4.69) is 41.4 Å². The first kappa shape index (κ1) is 12.3. The molecule has 0 radical (unpaired) electrons. The quantitative estimate of drug-likeness (QED) is 0.662. The van der Waals surface area contributed by atoms with Gasteiger partial charge in [-0.05, 0) is 43.2 Å². The Kier molecular flexibility index (Phi) is 4.08. The van der Waals surface area contributed by atoms with Crippen molar-refractivity contribution in [2.45, 2.75) is 13.8 Å². The van der Waals surface area contributed by atoms with Gasteiger partial charge in [-0.2, -0.15) is 0 Å². The molecule has 1 heteroatoms. The Hall–Kier alpha value is -2.15. The molecule has 0 heterocycles. The molecule has 0 saturated carbocycles. The van der Waals surface area contributed by atoms with E-state index in [4.69, 9.17) is 0 Å². The van der Waals surface area contributed by atoms with Crippen molar-refractivity contribution >= 4 is 11.4 Å². The van der Waals surface area contributed by atoms with E-state index in [1.165, 1.54) is 11.1 Å². The Morgan fingerprint density at radius 3 is 2.39 bits per heavy atom. The molecule has 0 spiro atoms. The average molecular weight is 235 g/mol. The SMILES string of the molecule is C/C=C\C(C)=Nc1cccc(-c2ccccc2)c1. The molecule has 0 N–H and O–H groups in total. The fourth-order valence-electron chi connectivity index (χ4n) is 1.87. The van der Waals surface area contributed by atoms with Crippen LogP contribution in [0.15, 0.2) is 71.7 Å². The van der Waals surface area contributed by atoms with Gasteiger partial charge >= 0.3 is 0 Å². The van der Waals surface area contributed by atoms with E-state index >= 15 is 0 Å². The van der Waals surface area contributed by atoms with E-state index in [9.17, 15) is 0 Å². The van der Waals surface area contributed by atoms with E-state index in [-0.39, 0.29) is 0 Å². The highest BCUT2D eigenvalue weighted by atomic mass is 14.7. The molecule has 0 bridgehead atoms. The van der Waals surface area contributed by atoms with Crippen LogP contribution in [0.5, 0.6) is 0 Å². The van der Waals surface area contributed by atoms with Crippen molar-refractivity contribution in [1.29, 1.82) is 0 Å². The Morgan fingerprint density at radius 2 is 1.67 bits per heavy atom. The minimum atomic E-state index is 0.993. The average Bonchev–Trinajstić information content (AvgIpc) is 2.40. The molecule has 90 valence electrons. The third-order valence-corrected chi connectivity index (χ3v) is 2.67. The Labute approximate surface area is 109 Å². The van der Waals surface area contributed by atoms with Gasteiger partial charge in [0.2, 0.25) is 0 Å². The summed E-state index contributed by atoms with van der Waals surface area (Å²) in [6.45, 7) is 4.01. The predicted octanol–water partition coefficient (Wildman–Crippen LogP) is 5.02. The van der Waals surface area contributed by atoms with E-state index in [1.807, 2.05) is 44.2 Å². The number of benzene rings is 2. The number of nitrogens with zero attached hydrogens (tertiary/aromatic N) is 1. The van der Waals surface area contributed by atoms with E-state index < -0.39 is 0 Å². The Bertz CT molecular complexity index is 565. The smallest absolute Gasteiger partial charge is 0.0639 e. The summed E-state index contributed by atoms with van der Waals surface area (Å²) < 4.78 is 0. The summed E-state index contributed by atoms with van der Waals surface area (Å²) >= 11 is 0. The van der Waals surface area contributed by atoms with Crippen LogP contribution in [-0.4, -0.2) is 5.71 Å². The molecule has 0 fully saturated rings. The van der Waals surface area contributed by atoms with Gasteiger partial charge in [0.05, 0.1) is 5.69 Å². The molecule has 2 rings (SSSR count). The van der Waals surface area contributed by atoms with Crippen LogP contribution in [0.1, 0.15) is 13.8 Å². The summed E-state index contributed by atoms with van der Waals surface area (Å²) in [4.78, 5) is 4.56. The molecule has 18 heavy (non-hydrogen) atoms. The van der Waals surface area contributed by atoms with Crippen LogP contribution in [0, 0.1) is 0 Å². The molecular formula is C17H17N. The van der Waals surface area contributed by atoms with Gasteiger partial charge in [0, 0.05) is 5.71 Å². The van der Waals surface area contributed by atoms with Crippen LogP contribution in [0.3, 0.4) is 0 Å². The number of hydrogen-bond acceptors (Lipinski definition) is 1. The Balaban J connectivity index is 2.34. The van der Waals surface area contributed by atoms with Crippen LogP contribution < -0.4 is 0 Å². The van der Waals surface area contributed by atoms with Gasteiger partial charge in [-0.1, -0.05) is 48.5 Å². The minimum Gasteiger partial charge on any atom is -0.254 e. The number of hydrogen-bond donors (Lipinski definition) is 0. The van der Waals surface area contributed by atoms with Crippen molar-refractivity contribution in [1.82, 2.24) is 0 Å². The monoisotopic (exact) mass is 235 g/mol. The highest BCUT2D eigenvalue weighted by molar-refractivity contribution is 5.94. The van der Waals surface area contributed by atoms with Gasteiger partial charge in [0.15, 0.2) is 0 Å². The summed E-state index contributed by atoms with van der Waals surface area (Å²) in [6, 6.07) is 18.7. The molecule has 0 unspecified atom stereocenters. The normalized spacial score (nSPS) is 12.0. The Morgan fingerprint density at radius 1 is 0.944 bits per heavy atom. The van der Waals surface area contributed by atoms with Crippen LogP contribution in [0.4, 0.5) is 5.69 Å². The maximum Gasteiger partial charge on any atom is 0.0639 e. The van der Waals surface area contributed by atoms with Gasteiger partial charge in [-0.3, -0.25) is 4.99 Å². The van der Waals surface area contributed by atoms with Gasteiger partial charge in [0.1, 0.15) is 0 Å². The second-order valence-corrected chi connectivity index (χ2v) is 4.17. The van der Waals surface area contributed by atoms with E-state index in [0.29, 0.717) is 0 Å². The third-order valence-electron chi connectivity index (χ3n) is 2.67. The summed E-state index contributed by atoms with van der Waals surface area (Å²) in [6.07, 6.45) is 4.01. The maximum atomic E-state index is 4.56. The largest absolute Gasteiger partial charge is 0.254 e. The molecule has 0 aromatic heterocycles. The molecule has 0 saturated heterocycles. The fraction of sp³-hybridized carbons (Fsp3) is 0.118. The fourth-order valence-corrected chi connectivity index (χ4v) is 1.87. The van der Waals surface area contributed by atoms with Crippen LogP contribution >= 0.6 is 0 Å². The lowest BCUT2D eigenvalue weighted by atomic mass is 10.1. The number of rotatable bonds is 3.